The predicted octanol–water partition coefficient (Wildman–Crippen LogP) is 1.37. The largest absolute Gasteiger partial charge is 0.380 e. The maximum absolute atomic E-state index is 5.35. The maximum Gasteiger partial charge on any atom is 0.0698 e. The van der Waals surface area contributed by atoms with Crippen LogP contribution in [0.25, 0.3) is 0 Å². The van der Waals surface area contributed by atoms with Crippen molar-refractivity contribution in [1.29, 1.82) is 0 Å². The number of nitrogens with zero attached hydrogens (tertiary/aromatic N) is 1. The van der Waals surface area contributed by atoms with Crippen molar-refractivity contribution in [2.45, 2.75) is 25.9 Å². The molecule has 74 valence electrons. The normalized spacial score (nSPS) is 26.7. The van der Waals surface area contributed by atoms with E-state index < -0.39 is 0 Å². The van der Waals surface area contributed by atoms with Crippen LogP contribution < -0.4 is 0 Å². The highest BCUT2D eigenvalue weighted by molar-refractivity contribution is 4.92. The van der Waals surface area contributed by atoms with Crippen molar-refractivity contribution in [2.24, 2.45) is 5.92 Å². The summed E-state index contributed by atoms with van der Waals surface area (Å²) in [6.07, 6.45) is 8.19. The molecule has 1 aliphatic rings. The summed E-state index contributed by atoms with van der Waals surface area (Å²) in [5, 5.41) is 0. The van der Waals surface area contributed by atoms with Crippen LogP contribution in [0, 0.1) is 18.3 Å². The lowest BCUT2D eigenvalue weighted by molar-refractivity contribution is 0.0290. The fourth-order valence-electron chi connectivity index (χ4n) is 1.81. The molecular formula is C11H19NO. The summed E-state index contributed by atoms with van der Waals surface area (Å²) in [5.41, 5.74) is 0. The monoisotopic (exact) mass is 181 g/mol. The van der Waals surface area contributed by atoms with Gasteiger partial charge < -0.3 is 4.74 Å². The van der Waals surface area contributed by atoms with Gasteiger partial charge in [-0.3, -0.25) is 4.90 Å². The van der Waals surface area contributed by atoms with Gasteiger partial charge in [-0.15, -0.1) is 12.3 Å². The highest BCUT2D eigenvalue weighted by Gasteiger charge is 2.19. The number of hydrogen-bond acceptors (Lipinski definition) is 2. The van der Waals surface area contributed by atoms with E-state index in [-0.39, 0.29) is 0 Å². The lowest BCUT2D eigenvalue weighted by Gasteiger charge is -2.32. The van der Waals surface area contributed by atoms with E-state index in [9.17, 15) is 0 Å². The molecule has 1 rings (SSSR count). The van der Waals surface area contributed by atoms with E-state index >= 15 is 0 Å². The average molecular weight is 181 g/mol. The van der Waals surface area contributed by atoms with Gasteiger partial charge >= 0.3 is 0 Å². The van der Waals surface area contributed by atoms with E-state index in [1.807, 2.05) is 0 Å². The van der Waals surface area contributed by atoms with Crippen LogP contribution in [0.15, 0.2) is 0 Å². The van der Waals surface area contributed by atoms with Gasteiger partial charge in [0.05, 0.1) is 6.10 Å². The second kappa shape index (κ2) is 5.26. The summed E-state index contributed by atoms with van der Waals surface area (Å²) in [7, 11) is 1.79. The van der Waals surface area contributed by atoms with Gasteiger partial charge in [-0.25, -0.2) is 0 Å². The molecule has 13 heavy (non-hydrogen) atoms. The first kappa shape index (κ1) is 10.6. The molecule has 1 saturated heterocycles. The van der Waals surface area contributed by atoms with E-state index in [0.29, 0.717) is 12.0 Å². The van der Waals surface area contributed by atoms with Gasteiger partial charge in [0.15, 0.2) is 0 Å². The zero-order valence-electron chi connectivity index (χ0n) is 8.62. The van der Waals surface area contributed by atoms with Gasteiger partial charge in [0.25, 0.3) is 0 Å². The van der Waals surface area contributed by atoms with Crippen LogP contribution >= 0.6 is 0 Å². The van der Waals surface area contributed by atoms with Crippen molar-refractivity contribution in [3.8, 4) is 12.3 Å². The minimum absolute atomic E-state index is 0.357. The van der Waals surface area contributed by atoms with Crippen LogP contribution in [0.3, 0.4) is 0 Å². The van der Waals surface area contributed by atoms with Crippen molar-refractivity contribution in [2.75, 3.05) is 26.7 Å². The summed E-state index contributed by atoms with van der Waals surface area (Å²) in [5.74, 6) is 3.12. The highest BCUT2D eigenvalue weighted by atomic mass is 16.5. The molecule has 1 unspecified atom stereocenters. The van der Waals surface area contributed by atoms with E-state index in [0.717, 1.165) is 13.1 Å². The van der Waals surface area contributed by atoms with Gasteiger partial charge in [0, 0.05) is 26.1 Å². The molecule has 0 aromatic carbocycles. The second-order valence-electron chi connectivity index (χ2n) is 3.83. The summed E-state index contributed by atoms with van der Waals surface area (Å²) in [4.78, 5) is 2.40. The maximum atomic E-state index is 5.35. The molecule has 0 saturated carbocycles. The number of ether oxygens (including phenoxy) is 1. The average Bonchev–Trinajstić information content (AvgIpc) is 2.18. The lowest BCUT2D eigenvalue weighted by Crippen LogP contribution is -2.41. The molecular weight excluding hydrogens is 162 g/mol. The van der Waals surface area contributed by atoms with E-state index in [2.05, 4.69) is 17.7 Å². The number of terminal acetylenes is 1. The zero-order valence-corrected chi connectivity index (χ0v) is 8.62. The Hall–Kier alpha value is -0.520. The van der Waals surface area contributed by atoms with E-state index in [4.69, 9.17) is 11.2 Å². The highest BCUT2D eigenvalue weighted by Crippen LogP contribution is 2.13. The Morgan fingerprint density at radius 2 is 2.46 bits per heavy atom. The van der Waals surface area contributed by atoms with E-state index in [1.165, 1.54) is 19.4 Å². The molecule has 0 bridgehead atoms. The third kappa shape index (κ3) is 3.38. The van der Waals surface area contributed by atoms with Crippen molar-refractivity contribution in [3.63, 3.8) is 0 Å². The Kier molecular flexibility index (Phi) is 4.27. The number of rotatable bonds is 3. The molecule has 1 fully saturated rings. The Balaban J connectivity index is 2.30. The standard InChI is InChI=1S/C11H19NO/c1-4-10(2)8-12-7-5-6-11(9-12)13-3/h1,10-11H,5-9H2,2-3H3/t10?,11-/m0/s1. The molecule has 0 aromatic heterocycles. The Labute approximate surface area is 81.3 Å². The van der Waals surface area contributed by atoms with Gasteiger partial charge in [0.2, 0.25) is 0 Å². The Morgan fingerprint density at radius 3 is 3.08 bits per heavy atom. The van der Waals surface area contributed by atoms with Crippen molar-refractivity contribution < 1.29 is 4.74 Å². The molecule has 2 heteroatoms. The fourth-order valence-corrected chi connectivity index (χ4v) is 1.81. The van der Waals surface area contributed by atoms with Crippen molar-refractivity contribution in [1.82, 2.24) is 4.90 Å². The summed E-state index contributed by atoms with van der Waals surface area (Å²) in [6, 6.07) is 0. The molecule has 0 radical (unpaired) electrons. The number of methoxy groups -OCH3 is 1. The van der Waals surface area contributed by atoms with Gasteiger partial charge in [0.1, 0.15) is 0 Å². The van der Waals surface area contributed by atoms with Crippen molar-refractivity contribution in [3.05, 3.63) is 0 Å². The smallest absolute Gasteiger partial charge is 0.0698 e. The SMILES string of the molecule is C#CC(C)CN1CCC[C@H](OC)C1. The number of hydrogen-bond donors (Lipinski definition) is 0. The van der Waals surface area contributed by atoms with Crippen LogP contribution in [-0.2, 0) is 4.74 Å². The minimum Gasteiger partial charge on any atom is -0.380 e. The quantitative estimate of drug-likeness (QED) is 0.610. The summed E-state index contributed by atoms with van der Waals surface area (Å²) in [6.45, 7) is 5.32. The third-order valence-corrected chi connectivity index (χ3v) is 2.61. The predicted molar refractivity (Wildman–Crippen MR) is 54.5 cm³/mol. The van der Waals surface area contributed by atoms with E-state index in [1.54, 1.807) is 7.11 Å². The number of piperidine rings is 1. The van der Waals surface area contributed by atoms with Crippen LogP contribution in [0.5, 0.6) is 0 Å². The lowest BCUT2D eigenvalue weighted by atomic mass is 10.1. The second-order valence-corrected chi connectivity index (χ2v) is 3.83. The molecule has 0 aliphatic carbocycles. The number of likely N-dealkylation sites (tertiary alicyclic amines) is 1. The Morgan fingerprint density at radius 1 is 1.69 bits per heavy atom. The Bertz CT molecular complexity index is 185. The zero-order chi connectivity index (χ0) is 9.68. The van der Waals surface area contributed by atoms with Crippen LogP contribution in [0.4, 0.5) is 0 Å². The van der Waals surface area contributed by atoms with Gasteiger partial charge in [-0.05, 0) is 19.4 Å². The molecule has 0 amide bonds. The first-order valence-corrected chi connectivity index (χ1v) is 4.97. The fraction of sp³-hybridized carbons (Fsp3) is 0.818. The van der Waals surface area contributed by atoms with Crippen LogP contribution in [-0.4, -0.2) is 37.7 Å². The molecule has 0 aromatic rings. The van der Waals surface area contributed by atoms with Crippen LogP contribution in [0.1, 0.15) is 19.8 Å². The molecule has 0 spiro atoms. The molecule has 2 atom stereocenters. The van der Waals surface area contributed by atoms with Crippen molar-refractivity contribution >= 4 is 0 Å². The molecule has 1 heterocycles. The molecule has 0 N–H and O–H groups in total. The van der Waals surface area contributed by atoms with Crippen LogP contribution in [0.2, 0.25) is 0 Å². The molecule has 2 nitrogen and oxygen atoms in total. The molecule has 1 aliphatic heterocycles. The summed E-state index contributed by atoms with van der Waals surface area (Å²) >= 11 is 0. The first-order chi connectivity index (χ1) is 6.26. The third-order valence-electron chi connectivity index (χ3n) is 2.61. The minimum atomic E-state index is 0.357. The van der Waals surface area contributed by atoms with Gasteiger partial charge in [-0.2, -0.15) is 0 Å². The summed E-state index contributed by atoms with van der Waals surface area (Å²) < 4.78 is 5.34. The first-order valence-electron chi connectivity index (χ1n) is 4.97. The topological polar surface area (TPSA) is 12.5 Å². The van der Waals surface area contributed by atoms with Gasteiger partial charge in [-0.1, -0.05) is 6.92 Å².